The molecule has 0 atom stereocenters. The number of carbonyl (C=O) groups is 2. The van der Waals surface area contributed by atoms with E-state index in [1.165, 1.54) is 7.11 Å². The number of esters is 1. The first-order valence-electron chi connectivity index (χ1n) is 5.92. The van der Waals surface area contributed by atoms with Crippen molar-refractivity contribution >= 4 is 23.5 Å². The van der Waals surface area contributed by atoms with Crippen LogP contribution in [-0.4, -0.2) is 25.1 Å². The van der Waals surface area contributed by atoms with Crippen molar-refractivity contribution in [3.63, 3.8) is 0 Å². The maximum absolute atomic E-state index is 12.0. The van der Waals surface area contributed by atoms with Crippen molar-refractivity contribution in [1.82, 2.24) is 0 Å². The van der Waals surface area contributed by atoms with Gasteiger partial charge in [0, 0.05) is 23.3 Å². The largest absolute Gasteiger partial charge is 0.469 e. The molecule has 1 rings (SSSR count). The fourth-order valence-corrected chi connectivity index (χ4v) is 2.28. The van der Waals surface area contributed by atoms with Gasteiger partial charge in [-0.15, -0.1) is 11.8 Å². The molecule has 0 amide bonds. The number of rotatable bonds is 7. The van der Waals surface area contributed by atoms with Gasteiger partial charge in [0.25, 0.3) is 0 Å². The zero-order chi connectivity index (χ0) is 13.4. The number of ketones is 1. The second-order valence-corrected chi connectivity index (χ2v) is 4.75. The summed E-state index contributed by atoms with van der Waals surface area (Å²) >= 11 is 1.58. The quantitative estimate of drug-likeness (QED) is 0.328. The third-order valence-electron chi connectivity index (χ3n) is 2.67. The molecule has 0 unspecified atom stereocenters. The van der Waals surface area contributed by atoms with Crippen molar-refractivity contribution in [2.75, 3.05) is 13.4 Å². The molecule has 0 aliphatic heterocycles. The van der Waals surface area contributed by atoms with Gasteiger partial charge in [-0.1, -0.05) is 18.2 Å². The number of thioether (sulfide) groups is 1. The number of methoxy groups -OCH3 is 1. The van der Waals surface area contributed by atoms with Crippen LogP contribution in [0.2, 0.25) is 0 Å². The van der Waals surface area contributed by atoms with E-state index in [4.69, 9.17) is 0 Å². The molecule has 1 aromatic rings. The van der Waals surface area contributed by atoms with Crippen LogP contribution in [0.15, 0.2) is 29.2 Å². The molecule has 0 bridgehead atoms. The van der Waals surface area contributed by atoms with Gasteiger partial charge in [0.2, 0.25) is 0 Å². The SMILES string of the molecule is COC(=O)CCCCC(=O)c1ccccc1SC. The fraction of sp³-hybridized carbons (Fsp3) is 0.429. The van der Waals surface area contributed by atoms with Crippen LogP contribution in [0.5, 0.6) is 0 Å². The molecule has 1 aromatic carbocycles. The number of hydrogen-bond donors (Lipinski definition) is 0. The Morgan fingerprint density at radius 3 is 2.50 bits per heavy atom. The van der Waals surface area contributed by atoms with E-state index in [1.807, 2.05) is 30.5 Å². The van der Waals surface area contributed by atoms with Crippen LogP contribution in [0.3, 0.4) is 0 Å². The lowest BCUT2D eigenvalue weighted by atomic mass is 10.0. The Labute approximate surface area is 112 Å². The minimum absolute atomic E-state index is 0.143. The van der Waals surface area contributed by atoms with Crippen LogP contribution < -0.4 is 0 Å². The van der Waals surface area contributed by atoms with Gasteiger partial charge in [0.15, 0.2) is 5.78 Å². The first-order valence-corrected chi connectivity index (χ1v) is 7.14. The van der Waals surface area contributed by atoms with E-state index >= 15 is 0 Å². The summed E-state index contributed by atoms with van der Waals surface area (Å²) in [7, 11) is 1.38. The van der Waals surface area contributed by atoms with Gasteiger partial charge in [-0.3, -0.25) is 9.59 Å². The normalized spacial score (nSPS) is 10.1. The van der Waals surface area contributed by atoms with E-state index in [1.54, 1.807) is 11.8 Å². The van der Waals surface area contributed by atoms with Crippen molar-refractivity contribution in [2.45, 2.75) is 30.6 Å². The zero-order valence-corrected chi connectivity index (χ0v) is 11.6. The molecule has 0 aromatic heterocycles. The third kappa shape index (κ3) is 4.53. The Kier molecular flexibility index (Phi) is 6.50. The van der Waals surface area contributed by atoms with Crippen LogP contribution >= 0.6 is 11.8 Å². The van der Waals surface area contributed by atoms with Crippen LogP contribution in [-0.2, 0) is 9.53 Å². The smallest absolute Gasteiger partial charge is 0.305 e. The Morgan fingerprint density at radius 2 is 1.83 bits per heavy atom. The van der Waals surface area contributed by atoms with Gasteiger partial charge in [-0.25, -0.2) is 0 Å². The van der Waals surface area contributed by atoms with Crippen molar-refractivity contribution < 1.29 is 14.3 Å². The summed E-state index contributed by atoms with van der Waals surface area (Å²) in [5.74, 6) is -0.0724. The summed E-state index contributed by atoms with van der Waals surface area (Å²) in [6.45, 7) is 0. The average Bonchev–Trinajstić information content (AvgIpc) is 2.42. The number of unbranched alkanes of at least 4 members (excludes halogenated alkanes) is 1. The maximum atomic E-state index is 12.0. The van der Waals surface area contributed by atoms with Gasteiger partial charge in [-0.2, -0.15) is 0 Å². The molecule has 0 saturated carbocycles. The highest BCUT2D eigenvalue weighted by Crippen LogP contribution is 2.21. The minimum atomic E-state index is -0.216. The summed E-state index contributed by atoms with van der Waals surface area (Å²) in [6, 6.07) is 7.61. The van der Waals surface area contributed by atoms with Crippen LogP contribution in [0, 0.1) is 0 Å². The highest BCUT2D eigenvalue weighted by molar-refractivity contribution is 7.98. The Bertz CT molecular complexity index is 415. The van der Waals surface area contributed by atoms with Gasteiger partial charge >= 0.3 is 5.97 Å². The van der Waals surface area contributed by atoms with E-state index < -0.39 is 0 Å². The van der Waals surface area contributed by atoms with Crippen LogP contribution in [0.4, 0.5) is 0 Å². The van der Waals surface area contributed by atoms with Crippen molar-refractivity contribution in [3.05, 3.63) is 29.8 Å². The van der Waals surface area contributed by atoms with Gasteiger partial charge in [-0.05, 0) is 25.2 Å². The third-order valence-corrected chi connectivity index (χ3v) is 3.47. The van der Waals surface area contributed by atoms with E-state index in [9.17, 15) is 9.59 Å². The summed E-state index contributed by atoms with van der Waals surface area (Å²) in [5, 5.41) is 0. The maximum Gasteiger partial charge on any atom is 0.305 e. The fourth-order valence-electron chi connectivity index (χ4n) is 1.67. The summed E-state index contributed by atoms with van der Waals surface area (Å²) in [4.78, 5) is 23.9. The lowest BCUT2D eigenvalue weighted by Gasteiger charge is -2.05. The van der Waals surface area contributed by atoms with Crippen LogP contribution in [0.1, 0.15) is 36.0 Å². The average molecular weight is 266 g/mol. The number of carbonyl (C=O) groups excluding carboxylic acids is 2. The van der Waals surface area contributed by atoms with Crippen molar-refractivity contribution in [2.24, 2.45) is 0 Å². The van der Waals surface area contributed by atoms with E-state index in [0.29, 0.717) is 19.3 Å². The molecular weight excluding hydrogens is 248 g/mol. The molecule has 0 heterocycles. The van der Waals surface area contributed by atoms with E-state index in [0.717, 1.165) is 16.9 Å². The molecule has 0 N–H and O–H groups in total. The highest BCUT2D eigenvalue weighted by atomic mass is 32.2. The second kappa shape index (κ2) is 7.93. The van der Waals surface area contributed by atoms with Crippen molar-refractivity contribution in [3.8, 4) is 0 Å². The molecule has 0 radical (unpaired) electrons. The molecule has 0 saturated heterocycles. The Morgan fingerprint density at radius 1 is 1.17 bits per heavy atom. The first kappa shape index (κ1) is 14.8. The molecular formula is C14H18O3S. The Balaban J connectivity index is 2.43. The summed E-state index contributed by atoms with van der Waals surface area (Å²) in [6.07, 6.45) is 4.24. The number of ether oxygens (including phenoxy) is 1. The zero-order valence-electron chi connectivity index (χ0n) is 10.8. The lowest BCUT2D eigenvalue weighted by molar-refractivity contribution is -0.140. The predicted octanol–water partition coefficient (Wildman–Crippen LogP) is 3.32. The summed E-state index contributed by atoms with van der Waals surface area (Å²) in [5.41, 5.74) is 0.781. The number of benzene rings is 1. The van der Waals surface area contributed by atoms with E-state index in [2.05, 4.69) is 4.74 Å². The molecule has 4 heteroatoms. The standard InChI is InChI=1S/C14H18O3S/c1-17-14(16)10-6-4-8-12(15)11-7-3-5-9-13(11)18-2/h3,5,7,9H,4,6,8,10H2,1-2H3. The molecule has 0 aliphatic carbocycles. The lowest BCUT2D eigenvalue weighted by Crippen LogP contribution is -2.03. The van der Waals surface area contributed by atoms with E-state index in [-0.39, 0.29) is 11.8 Å². The molecule has 0 aliphatic rings. The first-order chi connectivity index (χ1) is 8.69. The molecule has 0 fully saturated rings. The second-order valence-electron chi connectivity index (χ2n) is 3.91. The van der Waals surface area contributed by atoms with Crippen LogP contribution in [0.25, 0.3) is 0 Å². The Hall–Kier alpha value is -1.29. The minimum Gasteiger partial charge on any atom is -0.469 e. The predicted molar refractivity (Wildman–Crippen MR) is 73.0 cm³/mol. The van der Waals surface area contributed by atoms with Crippen molar-refractivity contribution in [1.29, 1.82) is 0 Å². The van der Waals surface area contributed by atoms with Gasteiger partial charge in [0.1, 0.15) is 0 Å². The monoisotopic (exact) mass is 266 g/mol. The number of hydrogen-bond acceptors (Lipinski definition) is 4. The molecule has 3 nitrogen and oxygen atoms in total. The topological polar surface area (TPSA) is 43.4 Å². The molecule has 0 spiro atoms. The van der Waals surface area contributed by atoms with Gasteiger partial charge in [0.05, 0.1) is 7.11 Å². The molecule has 98 valence electrons. The van der Waals surface area contributed by atoms with Gasteiger partial charge < -0.3 is 4.74 Å². The molecule has 18 heavy (non-hydrogen) atoms. The summed E-state index contributed by atoms with van der Waals surface area (Å²) < 4.78 is 4.55. The number of Topliss-reactive ketones (excluding diaryl/α,β-unsaturated/α-hetero) is 1. The highest BCUT2D eigenvalue weighted by Gasteiger charge is 2.10.